The van der Waals surface area contributed by atoms with Gasteiger partial charge in [-0.25, -0.2) is 14.6 Å². The molecule has 3 aromatic rings. The van der Waals surface area contributed by atoms with E-state index in [1.807, 2.05) is 17.2 Å². The molecule has 0 radical (unpaired) electrons. The number of fused-ring (bicyclic) bond motifs is 1. The molecule has 1 atom stereocenters. The molecule has 0 saturated carbocycles. The number of aryl methyl sites for hydroxylation is 1. The zero-order valence-corrected chi connectivity index (χ0v) is 17.5. The van der Waals surface area contributed by atoms with Crippen LogP contribution in [0.2, 0.25) is 0 Å². The minimum Gasteiger partial charge on any atom is -0.377 e. The minimum atomic E-state index is 0.262. The van der Waals surface area contributed by atoms with Crippen LogP contribution in [0.3, 0.4) is 0 Å². The Balaban J connectivity index is 1.27. The van der Waals surface area contributed by atoms with E-state index in [-0.39, 0.29) is 6.04 Å². The maximum atomic E-state index is 5.13. The van der Waals surface area contributed by atoms with E-state index in [2.05, 4.69) is 59.5 Å². The van der Waals surface area contributed by atoms with Gasteiger partial charge in [0.05, 0.1) is 12.9 Å². The standard InChI is InChI=1S/C21H28N8O/c1-22-21(25-18-7-8-20-26-19(14-30-2)27-29(20)13-18)24-11-16-3-5-17(6-4-16)12-28-10-9-23-15-28/h3-6,9-10,15,18H,7-8,11-14H2,1-2H3,(H2,22,24,25). The van der Waals surface area contributed by atoms with Crippen molar-refractivity contribution in [2.45, 2.75) is 45.1 Å². The summed E-state index contributed by atoms with van der Waals surface area (Å²) in [6.45, 7) is 2.76. The van der Waals surface area contributed by atoms with Gasteiger partial charge in [-0.05, 0) is 17.5 Å². The van der Waals surface area contributed by atoms with Crippen LogP contribution in [-0.4, -0.2) is 50.5 Å². The Labute approximate surface area is 176 Å². The first-order valence-corrected chi connectivity index (χ1v) is 10.2. The lowest BCUT2D eigenvalue weighted by molar-refractivity contribution is 0.177. The number of nitrogens with one attached hydrogen (secondary N) is 2. The fourth-order valence-corrected chi connectivity index (χ4v) is 3.60. The predicted octanol–water partition coefficient (Wildman–Crippen LogP) is 1.35. The van der Waals surface area contributed by atoms with Crippen LogP contribution in [0.4, 0.5) is 0 Å². The summed E-state index contributed by atoms with van der Waals surface area (Å²) in [4.78, 5) is 13.0. The van der Waals surface area contributed by atoms with Crippen LogP contribution in [0.25, 0.3) is 0 Å². The van der Waals surface area contributed by atoms with Crippen molar-refractivity contribution in [3.8, 4) is 0 Å². The first-order chi connectivity index (χ1) is 14.7. The molecule has 3 heterocycles. The zero-order chi connectivity index (χ0) is 20.8. The highest BCUT2D eigenvalue weighted by Crippen LogP contribution is 2.13. The summed E-state index contributed by atoms with van der Waals surface area (Å²) in [5.41, 5.74) is 2.46. The third-order valence-corrected chi connectivity index (χ3v) is 5.15. The number of aromatic nitrogens is 5. The molecule has 4 rings (SSSR count). The number of nitrogens with zero attached hydrogens (tertiary/aromatic N) is 6. The Morgan fingerprint density at radius 1 is 1.27 bits per heavy atom. The zero-order valence-electron chi connectivity index (χ0n) is 17.5. The van der Waals surface area contributed by atoms with Crippen LogP contribution in [0.15, 0.2) is 48.0 Å². The molecule has 9 nitrogen and oxygen atoms in total. The van der Waals surface area contributed by atoms with Crippen LogP contribution in [-0.2, 0) is 37.4 Å². The number of methoxy groups -OCH3 is 1. The van der Waals surface area contributed by atoms with Crippen molar-refractivity contribution in [3.05, 3.63) is 65.8 Å². The number of aliphatic imine (C=N–C) groups is 1. The maximum absolute atomic E-state index is 5.13. The molecule has 2 N–H and O–H groups in total. The van der Waals surface area contributed by atoms with E-state index in [1.54, 1.807) is 20.4 Å². The molecule has 1 unspecified atom stereocenters. The normalized spacial score (nSPS) is 16.3. The van der Waals surface area contributed by atoms with Gasteiger partial charge >= 0.3 is 0 Å². The van der Waals surface area contributed by atoms with Crippen LogP contribution in [0, 0.1) is 0 Å². The second-order valence-electron chi connectivity index (χ2n) is 7.42. The fraction of sp³-hybridized carbons (Fsp3) is 0.429. The number of imidazole rings is 1. The number of ether oxygens (including phenoxy) is 1. The molecule has 0 amide bonds. The summed E-state index contributed by atoms with van der Waals surface area (Å²) in [6, 6.07) is 8.85. The van der Waals surface area contributed by atoms with Gasteiger partial charge in [-0.3, -0.25) is 4.99 Å². The van der Waals surface area contributed by atoms with Crippen molar-refractivity contribution < 1.29 is 4.74 Å². The van der Waals surface area contributed by atoms with Gasteiger partial charge in [-0.2, -0.15) is 5.10 Å². The molecular formula is C21H28N8O. The van der Waals surface area contributed by atoms with E-state index in [0.29, 0.717) is 13.2 Å². The summed E-state index contributed by atoms with van der Waals surface area (Å²) in [5, 5.41) is 11.4. The average Bonchev–Trinajstić information content (AvgIpc) is 3.41. The Morgan fingerprint density at radius 2 is 2.10 bits per heavy atom. The topological polar surface area (TPSA) is 94.2 Å². The summed E-state index contributed by atoms with van der Waals surface area (Å²) in [7, 11) is 3.46. The van der Waals surface area contributed by atoms with E-state index >= 15 is 0 Å². The van der Waals surface area contributed by atoms with E-state index in [1.165, 1.54) is 11.1 Å². The van der Waals surface area contributed by atoms with Gasteiger partial charge in [0, 0.05) is 52.1 Å². The van der Waals surface area contributed by atoms with E-state index < -0.39 is 0 Å². The molecule has 2 aromatic heterocycles. The Kier molecular flexibility index (Phi) is 6.38. The average molecular weight is 409 g/mol. The Morgan fingerprint density at radius 3 is 2.83 bits per heavy atom. The van der Waals surface area contributed by atoms with Gasteiger partial charge in [0.1, 0.15) is 12.4 Å². The highest BCUT2D eigenvalue weighted by atomic mass is 16.5. The number of guanidine groups is 1. The van der Waals surface area contributed by atoms with Crippen molar-refractivity contribution in [2.24, 2.45) is 4.99 Å². The Hall–Kier alpha value is -3.20. The lowest BCUT2D eigenvalue weighted by atomic mass is 10.1. The molecule has 0 aliphatic carbocycles. The molecule has 158 valence electrons. The van der Waals surface area contributed by atoms with Gasteiger partial charge < -0.3 is 19.9 Å². The summed E-state index contributed by atoms with van der Waals surface area (Å²) in [6.07, 6.45) is 7.48. The second-order valence-corrected chi connectivity index (χ2v) is 7.42. The lowest BCUT2D eigenvalue weighted by Crippen LogP contribution is -2.46. The Bertz CT molecular complexity index is 962. The third kappa shape index (κ3) is 5.04. The molecule has 0 fully saturated rings. The molecule has 1 aromatic carbocycles. The van der Waals surface area contributed by atoms with Crippen molar-refractivity contribution in [2.75, 3.05) is 14.2 Å². The highest BCUT2D eigenvalue weighted by molar-refractivity contribution is 5.79. The minimum absolute atomic E-state index is 0.262. The van der Waals surface area contributed by atoms with Crippen LogP contribution < -0.4 is 10.6 Å². The fourth-order valence-electron chi connectivity index (χ4n) is 3.60. The highest BCUT2D eigenvalue weighted by Gasteiger charge is 2.22. The first kappa shape index (κ1) is 20.1. The van der Waals surface area contributed by atoms with E-state index in [0.717, 1.165) is 43.5 Å². The molecule has 0 bridgehead atoms. The monoisotopic (exact) mass is 408 g/mol. The number of hydrogen-bond acceptors (Lipinski definition) is 5. The third-order valence-electron chi connectivity index (χ3n) is 5.15. The molecule has 0 saturated heterocycles. The maximum Gasteiger partial charge on any atom is 0.191 e. The number of hydrogen-bond donors (Lipinski definition) is 2. The van der Waals surface area contributed by atoms with Crippen molar-refractivity contribution in [1.29, 1.82) is 0 Å². The van der Waals surface area contributed by atoms with E-state index in [9.17, 15) is 0 Å². The predicted molar refractivity (Wildman–Crippen MR) is 114 cm³/mol. The van der Waals surface area contributed by atoms with Gasteiger partial charge in [0.25, 0.3) is 0 Å². The molecule has 30 heavy (non-hydrogen) atoms. The van der Waals surface area contributed by atoms with Crippen molar-refractivity contribution in [3.63, 3.8) is 0 Å². The first-order valence-electron chi connectivity index (χ1n) is 10.2. The smallest absolute Gasteiger partial charge is 0.191 e. The molecular weight excluding hydrogens is 380 g/mol. The number of rotatable bonds is 7. The molecule has 0 spiro atoms. The molecule has 1 aliphatic rings. The van der Waals surface area contributed by atoms with Gasteiger partial charge in [0.15, 0.2) is 11.8 Å². The van der Waals surface area contributed by atoms with Crippen LogP contribution >= 0.6 is 0 Å². The SMILES string of the molecule is CN=C(NCc1ccc(Cn2ccnc2)cc1)NC1CCc2nc(COC)nn2C1. The summed E-state index contributed by atoms with van der Waals surface area (Å²) < 4.78 is 9.17. The van der Waals surface area contributed by atoms with Crippen molar-refractivity contribution in [1.82, 2.24) is 34.9 Å². The molecule has 1 aliphatic heterocycles. The largest absolute Gasteiger partial charge is 0.377 e. The van der Waals surface area contributed by atoms with E-state index in [4.69, 9.17) is 4.74 Å². The summed E-state index contributed by atoms with van der Waals surface area (Å²) >= 11 is 0. The summed E-state index contributed by atoms with van der Waals surface area (Å²) in [5.74, 6) is 2.56. The van der Waals surface area contributed by atoms with Crippen molar-refractivity contribution >= 4 is 5.96 Å². The number of benzene rings is 1. The van der Waals surface area contributed by atoms with Gasteiger partial charge in [-0.15, -0.1) is 0 Å². The lowest BCUT2D eigenvalue weighted by Gasteiger charge is -2.25. The van der Waals surface area contributed by atoms with Gasteiger partial charge in [-0.1, -0.05) is 24.3 Å². The van der Waals surface area contributed by atoms with Crippen LogP contribution in [0.1, 0.15) is 29.2 Å². The quantitative estimate of drug-likeness (QED) is 0.453. The van der Waals surface area contributed by atoms with Gasteiger partial charge in [0.2, 0.25) is 0 Å². The second kappa shape index (κ2) is 9.53. The molecule has 9 heteroatoms. The van der Waals surface area contributed by atoms with Crippen LogP contribution in [0.5, 0.6) is 0 Å².